The molecule has 19 heavy (non-hydrogen) atoms. The Morgan fingerprint density at radius 1 is 0.895 bits per heavy atom. The molecule has 2 saturated carbocycles. The highest BCUT2D eigenvalue weighted by Crippen LogP contribution is 2.43. The molecule has 0 aromatic carbocycles. The Balaban J connectivity index is 1.99. The summed E-state index contributed by atoms with van der Waals surface area (Å²) in [7, 11) is 0. The molecule has 1 N–H and O–H groups in total. The predicted octanol–water partition coefficient (Wildman–Crippen LogP) is 4.86. The molecular formula is C18H35N. The summed E-state index contributed by atoms with van der Waals surface area (Å²) in [4.78, 5) is 0. The first kappa shape index (κ1) is 15.4. The van der Waals surface area contributed by atoms with Gasteiger partial charge >= 0.3 is 0 Å². The van der Waals surface area contributed by atoms with E-state index in [2.05, 4.69) is 26.1 Å². The molecule has 1 heteroatoms. The van der Waals surface area contributed by atoms with E-state index in [-0.39, 0.29) is 0 Å². The van der Waals surface area contributed by atoms with Crippen LogP contribution in [0.2, 0.25) is 0 Å². The minimum absolute atomic E-state index is 0.963. The second-order valence-corrected chi connectivity index (χ2v) is 7.55. The first-order chi connectivity index (χ1) is 9.20. The molecule has 0 radical (unpaired) electrons. The Labute approximate surface area is 120 Å². The molecule has 2 aliphatic carbocycles. The average molecular weight is 265 g/mol. The summed E-state index contributed by atoms with van der Waals surface area (Å²) in [6.07, 6.45) is 11.9. The van der Waals surface area contributed by atoms with Gasteiger partial charge < -0.3 is 5.32 Å². The zero-order chi connectivity index (χ0) is 13.7. The molecule has 0 spiro atoms. The molecule has 2 aliphatic rings. The molecule has 0 heterocycles. The minimum atomic E-state index is 0.963. The van der Waals surface area contributed by atoms with E-state index in [1.165, 1.54) is 57.9 Å². The van der Waals surface area contributed by atoms with Crippen LogP contribution in [0.25, 0.3) is 0 Å². The van der Waals surface area contributed by atoms with Gasteiger partial charge in [-0.15, -0.1) is 0 Å². The highest BCUT2D eigenvalue weighted by molar-refractivity contribution is 4.85. The van der Waals surface area contributed by atoms with Gasteiger partial charge in [0.15, 0.2) is 0 Å². The molecule has 2 fully saturated rings. The molecule has 0 aromatic rings. The largest absolute Gasteiger partial charge is 0.317 e. The summed E-state index contributed by atoms with van der Waals surface area (Å²) in [5.41, 5.74) is 0. The molecular weight excluding hydrogens is 230 g/mol. The van der Waals surface area contributed by atoms with Gasteiger partial charge in [-0.05, 0) is 74.8 Å². The second kappa shape index (κ2) is 7.67. The minimum Gasteiger partial charge on any atom is -0.317 e. The summed E-state index contributed by atoms with van der Waals surface area (Å²) in [6, 6.07) is 0. The fourth-order valence-electron chi connectivity index (χ4n) is 4.98. The van der Waals surface area contributed by atoms with E-state index in [0.717, 1.165) is 36.1 Å². The quantitative estimate of drug-likeness (QED) is 0.715. The lowest BCUT2D eigenvalue weighted by molar-refractivity contribution is 0.113. The topological polar surface area (TPSA) is 12.0 Å². The van der Waals surface area contributed by atoms with E-state index in [9.17, 15) is 0 Å². The van der Waals surface area contributed by atoms with E-state index < -0.39 is 0 Å². The van der Waals surface area contributed by atoms with Gasteiger partial charge in [-0.25, -0.2) is 0 Å². The van der Waals surface area contributed by atoms with Gasteiger partial charge in [-0.1, -0.05) is 40.0 Å². The van der Waals surface area contributed by atoms with Crippen molar-refractivity contribution in [3.63, 3.8) is 0 Å². The number of nitrogens with one attached hydrogen (secondary N) is 1. The number of hydrogen-bond donors (Lipinski definition) is 1. The van der Waals surface area contributed by atoms with Gasteiger partial charge in [0.25, 0.3) is 0 Å². The predicted molar refractivity (Wildman–Crippen MR) is 84.3 cm³/mol. The van der Waals surface area contributed by atoms with Crippen LogP contribution in [0.15, 0.2) is 0 Å². The number of hydrogen-bond acceptors (Lipinski definition) is 1. The van der Waals surface area contributed by atoms with E-state index in [0.29, 0.717) is 0 Å². The van der Waals surface area contributed by atoms with Crippen molar-refractivity contribution in [2.24, 2.45) is 29.6 Å². The SMILES string of the molecule is CCNCC1CCCCCC1C1CC(C)CC(C)C1. The molecule has 0 bridgehead atoms. The summed E-state index contributed by atoms with van der Waals surface area (Å²) >= 11 is 0. The van der Waals surface area contributed by atoms with E-state index in [4.69, 9.17) is 0 Å². The maximum atomic E-state index is 3.64. The normalized spacial score (nSPS) is 40.9. The van der Waals surface area contributed by atoms with E-state index in [1.54, 1.807) is 0 Å². The summed E-state index contributed by atoms with van der Waals surface area (Å²) in [6.45, 7) is 9.63. The molecule has 0 aliphatic heterocycles. The molecule has 4 atom stereocenters. The van der Waals surface area contributed by atoms with Gasteiger partial charge in [0.2, 0.25) is 0 Å². The van der Waals surface area contributed by atoms with Crippen LogP contribution in [0.3, 0.4) is 0 Å². The lowest BCUT2D eigenvalue weighted by atomic mass is 9.67. The van der Waals surface area contributed by atoms with Crippen molar-refractivity contribution in [2.75, 3.05) is 13.1 Å². The Bertz CT molecular complexity index is 240. The zero-order valence-corrected chi connectivity index (χ0v) is 13.5. The van der Waals surface area contributed by atoms with Crippen molar-refractivity contribution in [1.29, 1.82) is 0 Å². The van der Waals surface area contributed by atoms with Gasteiger partial charge in [-0.3, -0.25) is 0 Å². The summed E-state index contributed by atoms with van der Waals surface area (Å²) < 4.78 is 0. The fraction of sp³-hybridized carbons (Fsp3) is 1.00. The third-order valence-corrected chi connectivity index (χ3v) is 5.69. The smallest absolute Gasteiger partial charge is 0.00179 e. The fourth-order valence-corrected chi connectivity index (χ4v) is 4.98. The molecule has 2 rings (SSSR count). The van der Waals surface area contributed by atoms with Crippen molar-refractivity contribution in [1.82, 2.24) is 5.32 Å². The van der Waals surface area contributed by atoms with Gasteiger partial charge in [0, 0.05) is 0 Å². The Morgan fingerprint density at radius 2 is 1.58 bits per heavy atom. The molecule has 0 aromatic heterocycles. The molecule has 0 saturated heterocycles. The Morgan fingerprint density at radius 3 is 2.26 bits per heavy atom. The van der Waals surface area contributed by atoms with Crippen LogP contribution in [0.5, 0.6) is 0 Å². The van der Waals surface area contributed by atoms with Crippen molar-refractivity contribution in [3.05, 3.63) is 0 Å². The summed E-state index contributed by atoms with van der Waals surface area (Å²) in [5, 5.41) is 3.64. The van der Waals surface area contributed by atoms with Crippen LogP contribution in [-0.4, -0.2) is 13.1 Å². The van der Waals surface area contributed by atoms with Crippen LogP contribution in [0.4, 0.5) is 0 Å². The van der Waals surface area contributed by atoms with Gasteiger partial charge in [0.05, 0.1) is 0 Å². The maximum absolute atomic E-state index is 3.64. The lowest BCUT2D eigenvalue weighted by Crippen LogP contribution is -2.35. The lowest BCUT2D eigenvalue weighted by Gasteiger charge is -2.39. The van der Waals surface area contributed by atoms with Crippen molar-refractivity contribution >= 4 is 0 Å². The van der Waals surface area contributed by atoms with Crippen LogP contribution >= 0.6 is 0 Å². The van der Waals surface area contributed by atoms with Crippen LogP contribution in [-0.2, 0) is 0 Å². The monoisotopic (exact) mass is 265 g/mol. The van der Waals surface area contributed by atoms with Crippen LogP contribution < -0.4 is 5.32 Å². The first-order valence-electron chi connectivity index (χ1n) is 8.91. The van der Waals surface area contributed by atoms with Crippen LogP contribution in [0.1, 0.15) is 72.1 Å². The zero-order valence-electron chi connectivity index (χ0n) is 13.5. The third-order valence-electron chi connectivity index (χ3n) is 5.69. The van der Waals surface area contributed by atoms with Gasteiger partial charge in [0.1, 0.15) is 0 Å². The van der Waals surface area contributed by atoms with Crippen molar-refractivity contribution in [2.45, 2.75) is 72.1 Å². The molecule has 112 valence electrons. The Hall–Kier alpha value is -0.0400. The summed E-state index contributed by atoms with van der Waals surface area (Å²) in [5.74, 6) is 4.95. The highest BCUT2D eigenvalue weighted by Gasteiger charge is 2.34. The second-order valence-electron chi connectivity index (χ2n) is 7.55. The van der Waals surface area contributed by atoms with Gasteiger partial charge in [-0.2, -0.15) is 0 Å². The number of rotatable bonds is 4. The maximum Gasteiger partial charge on any atom is -0.00179 e. The third kappa shape index (κ3) is 4.48. The molecule has 4 unspecified atom stereocenters. The molecule has 0 amide bonds. The van der Waals surface area contributed by atoms with Crippen molar-refractivity contribution in [3.8, 4) is 0 Å². The average Bonchev–Trinajstić information content (AvgIpc) is 2.60. The van der Waals surface area contributed by atoms with Crippen LogP contribution in [0, 0.1) is 29.6 Å². The first-order valence-corrected chi connectivity index (χ1v) is 8.91. The highest BCUT2D eigenvalue weighted by atomic mass is 14.8. The van der Waals surface area contributed by atoms with Crippen molar-refractivity contribution < 1.29 is 0 Å². The van der Waals surface area contributed by atoms with E-state index >= 15 is 0 Å². The molecule has 1 nitrogen and oxygen atoms in total. The Kier molecular flexibility index (Phi) is 6.19. The standard InChI is InChI=1S/C18H35N/c1-4-19-13-16-8-6-5-7-9-18(16)17-11-14(2)10-15(3)12-17/h14-19H,4-13H2,1-3H3. The van der Waals surface area contributed by atoms with E-state index in [1.807, 2.05) is 0 Å².